The zero-order chi connectivity index (χ0) is 56.3. The number of nitrogens with zero attached hydrogens (tertiary/aromatic N) is 4. The number of carbonyl (C=O) groups is 9. The number of esters is 1. The van der Waals surface area contributed by atoms with Gasteiger partial charge in [0, 0.05) is 86.3 Å². The average Bonchev–Trinajstić information content (AvgIpc) is 3.25. The van der Waals surface area contributed by atoms with Crippen LogP contribution in [0.15, 0.2) is 59.4 Å². The topological polar surface area (TPSA) is 258 Å². The number of benzene rings is 2. The van der Waals surface area contributed by atoms with Crippen molar-refractivity contribution in [3.05, 3.63) is 110 Å². The Kier molecular flexibility index (Phi) is 16.9. The fourth-order valence-electron chi connectivity index (χ4n) is 11.4. The molecule has 4 aromatic rings. The van der Waals surface area contributed by atoms with Crippen molar-refractivity contribution >= 4 is 63.8 Å². The number of amides is 5. The normalized spacial score (nSPS) is 18.6. The predicted octanol–water partition coefficient (Wildman–Crippen LogP) is 4.61. The number of ether oxygens (including phenoxy) is 2. The van der Waals surface area contributed by atoms with Gasteiger partial charge in [0.25, 0.3) is 23.3 Å². The number of hydrogen-bond acceptors (Lipinski definition) is 14. The molecule has 2 aromatic carbocycles. The number of cyclic esters (lactones) is 1. The third-order valence-corrected chi connectivity index (χ3v) is 16.1. The number of aliphatic hydroxyl groups is 1. The largest absolute Gasteiger partial charge is 0.458 e. The van der Waals surface area contributed by atoms with Gasteiger partial charge in [0.2, 0.25) is 11.8 Å². The third-order valence-electron chi connectivity index (χ3n) is 16.1. The van der Waals surface area contributed by atoms with Crippen molar-refractivity contribution in [1.29, 1.82) is 0 Å². The zero-order valence-electron chi connectivity index (χ0n) is 44.7. The Bertz CT molecular complexity index is 3240. The van der Waals surface area contributed by atoms with Gasteiger partial charge in [-0.3, -0.25) is 48.1 Å². The first-order chi connectivity index (χ1) is 37.9. The summed E-state index contributed by atoms with van der Waals surface area (Å²) in [6, 6.07) is 11.5. The number of imide groups is 1. The molecule has 5 aliphatic rings. The molecular formula is C59H65FN6O13. The van der Waals surface area contributed by atoms with E-state index in [2.05, 4.69) is 10.6 Å². The number of likely N-dealkylation sites (N-methyl/N-ethyl adjacent to an activating group) is 1. The van der Waals surface area contributed by atoms with Gasteiger partial charge < -0.3 is 34.7 Å². The van der Waals surface area contributed by atoms with E-state index >= 15 is 4.39 Å². The second kappa shape index (κ2) is 23.8. The first-order valence-corrected chi connectivity index (χ1v) is 27.2. The fraction of sp³-hybridized carbons (Fsp3) is 0.475. The molecule has 1 fully saturated rings. The number of carbonyl (C=O) groups excluding carboxylic acids is 9. The Morgan fingerprint density at radius 1 is 0.886 bits per heavy atom. The van der Waals surface area contributed by atoms with Gasteiger partial charge >= 0.3 is 5.97 Å². The highest BCUT2D eigenvalue weighted by Crippen LogP contribution is 2.48. The van der Waals surface area contributed by atoms with Crippen LogP contribution in [0.3, 0.4) is 0 Å². The number of rotatable bonds is 26. The van der Waals surface area contributed by atoms with Crippen LogP contribution < -0.4 is 16.2 Å². The zero-order valence-corrected chi connectivity index (χ0v) is 44.7. The van der Waals surface area contributed by atoms with Gasteiger partial charge in [-0.15, -0.1) is 0 Å². The lowest BCUT2D eigenvalue weighted by atomic mass is 9.81. The van der Waals surface area contributed by atoms with Crippen molar-refractivity contribution in [3.63, 3.8) is 0 Å². The maximum absolute atomic E-state index is 15.6. The highest BCUT2D eigenvalue weighted by atomic mass is 19.1. The molecule has 0 radical (unpaired) electrons. The Morgan fingerprint density at radius 3 is 2.34 bits per heavy atom. The molecule has 1 saturated carbocycles. The van der Waals surface area contributed by atoms with E-state index in [0.717, 1.165) is 34.4 Å². The smallest absolute Gasteiger partial charge is 0.343 e. The summed E-state index contributed by atoms with van der Waals surface area (Å²) in [6.07, 6.45) is 5.49. The molecule has 1 unspecified atom stereocenters. The van der Waals surface area contributed by atoms with Crippen molar-refractivity contribution < 1.29 is 62.1 Å². The van der Waals surface area contributed by atoms with Gasteiger partial charge in [-0.05, 0) is 92.5 Å². The van der Waals surface area contributed by atoms with Crippen LogP contribution in [0.2, 0.25) is 0 Å². The maximum atomic E-state index is 15.6. The standard InChI is InChI=1S/C59H65FN6O13/c1-4-59(77)43-27-47-53-41(31-66(47)56(74)42(43)32-79-58(59)76)52-46(18-17-40-33(2)44(60)28-45(63-53)51(40)52)64(3)57(75)54(35-14-15-35)78-24-22-38(68)29-62-55(73)36(25-34-11-7-5-8-12-34)26-39(69)30-61-48(70)19-16-37(67)13-9-6-10-23-65-49(71)20-21-50(65)72/h5,7-8,11-12,20-21,27-28,35-36,46,54,77H,4,6,9-10,13-19,22-26,29-32H2,1-3H3,(H,61,70)(H,62,73)/t36-,46+,54?,59+/m1/s1. The Morgan fingerprint density at radius 2 is 1.62 bits per heavy atom. The Labute approximate surface area is 455 Å². The van der Waals surface area contributed by atoms with Crippen LogP contribution in [-0.2, 0) is 84.2 Å². The maximum Gasteiger partial charge on any atom is 0.343 e. The number of Topliss-reactive ketones (excluding diaryl/α,β-unsaturated/α-hetero) is 3. The van der Waals surface area contributed by atoms with Gasteiger partial charge in [0.15, 0.2) is 17.2 Å². The molecule has 416 valence electrons. The summed E-state index contributed by atoms with van der Waals surface area (Å²) in [5.74, 6) is -5.22. The second-order valence-corrected chi connectivity index (χ2v) is 21.4. The molecule has 0 saturated heterocycles. The molecule has 5 heterocycles. The second-order valence-electron chi connectivity index (χ2n) is 21.4. The number of aromatic nitrogens is 2. The van der Waals surface area contributed by atoms with E-state index in [-0.39, 0.29) is 131 Å². The lowest BCUT2D eigenvalue weighted by molar-refractivity contribution is -0.172. The van der Waals surface area contributed by atoms with Crippen LogP contribution in [-0.4, -0.2) is 117 Å². The minimum atomic E-state index is -2.05. The minimum absolute atomic E-state index is 0.0181. The van der Waals surface area contributed by atoms with E-state index in [1.165, 1.54) is 22.8 Å². The molecular weight excluding hydrogens is 1020 g/mol. The van der Waals surface area contributed by atoms with Crippen LogP contribution in [0.25, 0.3) is 22.3 Å². The van der Waals surface area contributed by atoms with E-state index in [1.54, 1.807) is 44.0 Å². The van der Waals surface area contributed by atoms with Crippen molar-refractivity contribution in [1.82, 2.24) is 30.0 Å². The van der Waals surface area contributed by atoms with Gasteiger partial charge in [-0.1, -0.05) is 43.7 Å². The summed E-state index contributed by atoms with van der Waals surface area (Å²) in [5.41, 5.74) is 2.32. The molecule has 20 heteroatoms. The molecule has 4 atom stereocenters. The highest BCUT2D eigenvalue weighted by molar-refractivity contribution is 6.12. The summed E-state index contributed by atoms with van der Waals surface area (Å²) >= 11 is 0. The molecule has 79 heavy (non-hydrogen) atoms. The number of ketones is 3. The van der Waals surface area contributed by atoms with Crippen molar-refractivity contribution in [2.75, 3.05) is 33.3 Å². The Hall–Kier alpha value is -7.58. The third kappa shape index (κ3) is 11.9. The van der Waals surface area contributed by atoms with Crippen LogP contribution >= 0.6 is 0 Å². The number of pyridine rings is 2. The lowest BCUT2D eigenvalue weighted by Gasteiger charge is -2.36. The summed E-state index contributed by atoms with van der Waals surface area (Å²) in [7, 11) is 1.69. The first kappa shape index (κ1) is 56.2. The van der Waals surface area contributed by atoms with Gasteiger partial charge in [0.05, 0.1) is 54.8 Å². The van der Waals surface area contributed by atoms with Crippen molar-refractivity contribution in [2.24, 2.45) is 11.8 Å². The van der Waals surface area contributed by atoms with Crippen LogP contribution in [0.5, 0.6) is 0 Å². The van der Waals surface area contributed by atoms with E-state index in [0.29, 0.717) is 65.5 Å². The quantitative estimate of drug-likeness (QED) is 0.0388. The van der Waals surface area contributed by atoms with E-state index < -0.39 is 58.6 Å². The molecule has 0 bridgehead atoms. The number of fused-ring (bicyclic) bond motifs is 5. The van der Waals surface area contributed by atoms with E-state index in [1.807, 2.05) is 18.2 Å². The molecule has 19 nitrogen and oxygen atoms in total. The summed E-state index contributed by atoms with van der Waals surface area (Å²) in [6.45, 7) is 2.55. The van der Waals surface area contributed by atoms with Crippen LogP contribution in [0.4, 0.5) is 4.39 Å². The summed E-state index contributed by atoms with van der Waals surface area (Å²) in [5, 5.41) is 17.4. The number of hydrogen-bond donors (Lipinski definition) is 3. The molecule has 3 aliphatic heterocycles. The number of aryl methyl sites for hydroxylation is 1. The molecule has 0 spiro atoms. The lowest BCUT2D eigenvalue weighted by Crippen LogP contribution is -2.44. The summed E-state index contributed by atoms with van der Waals surface area (Å²) in [4.78, 5) is 138. The molecule has 2 aromatic heterocycles. The van der Waals surface area contributed by atoms with Gasteiger partial charge in [-0.25, -0.2) is 14.2 Å². The number of halogens is 1. The molecule has 3 N–H and O–H groups in total. The van der Waals surface area contributed by atoms with E-state index in [9.17, 15) is 53.1 Å². The van der Waals surface area contributed by atoms with Gasteiger partial charge in [0.1, 0.15) is 24.3 Å². The van der Waals surface area contributed by atoms with E-state index in [4.69, 9.17) is 14.5 Å². The number of unbranched alkanes of at least 4 members (excludes halogenated alkanes) is 2. The van der Waals surface area contributed by atoms with Crippen molar-refractivity contribution in [3.8, 4) is 11.4 Å². The molecule has 9 rings (SSSR count). The van der Waals surface area contributed by atoms with Gasteiger partial charge in [-0.2, -0.15) is 0 Å². The summed E-state index contributed by atoms with van der Waals surface area (Å²) < 4.78 is 28.6. The highest BCUT2D eigenvalue weighted by Gasteiger charge is 2.47. The predicted molar refractivity (Wildman–Crippen MR) is 283 cm³/mol. The first-order valence-electron chi connectivity index (χ1n) is 27.2. The molecule has 2 aliphatic carbocycles. The minimum Gasteiger partial charge on any atom is -0.458 e. The molecule has 5 amide bonds. The van der Waals surface area contributed by atoms with Crippen LogP contribution in [0.1, 0.15) is 129 Å². The fourth-order valence-corrected chi connectivity index (χ4v) is 11.4. The SMILES string of the molecule is CC[C@@]1(O)C(=O)OCc2c1cc1n(c2=O)Cc2c-1nc1cc(F)c(C)c3c1c2[C@@H](N(C)C(=O)C(OCCC(=O)CNC(=O)[C@@H](CC(=O)CNC(=O)CCC(=O)CCCCCN1C(=O)C=CC1=O)Cc1ccccc1)C1CC1)CC3. The monoisotopic (exact) mass is 1080 g/mol. The average molecular weight is 1090 g/mol. The number of nitrogens with one attached hydrogen (secondary N) is 2. The Balaban J connectivity index is 0.790. The van der Waals surface area contributed by atoms with Crippen LogP contribution in [0, 0.1) is 24.6 Å². The van der Waals surface area contributed by atoms with Crippen molar-refractivity contribution in [2.45, 2.75) is 135 Å².